The molecule has 164 valence electrons. The highest BCUT2D eigenvalue weighted by atomic mass is 32.1. The Balaban J connectivity index is 1.57. The van der Waals surface area contributed by atoms with Gasteiger partial charge in [0.2, 0.25) is 0 Å². The quantitative estimate of drug-likeness (QED) is 0.424. The molecule has 4 rings (SSSR count). The van der Waals surface area contributed by atoms with Crippen LogP contribution in [0.25, 0.3) is 17.0 Å². The van der Waals surface area contributed by atoms with E-state index in [1.165, 1.54) is 0 Å². The number of fused-ring (bicyclic) bond motifs is 1. The summed E-state index contributed by atoms with van der Waals surface area (Å²) in [6, 6.07) is 15.5. The lowest BCUT2D eigenvalue weighted by Gasteiger charge is -2.16. The van der Waals surface area contributed by atoms with Gasteiger partial charge in [0, 0.05) is 23.7 Å². The van der Waals surface area contributed by atoms with Crippen molar-refractivity contribution in [1.29, 1.82) is 0 Å². The van der Waals surface area contributed by atoms with Crippen molar-refractivity contribution in [2.24, 2.45) is 5.92 Å². The number of hydrogen-bond acceptors (Lipinski definition) is 5. The van der Waals surface area contributed by atoms with Crippen LogP contribution in [0.3, 0.4) is 0 Å². The van der Waals surface area contributed by atoms with Gasteiger partial charge < -0.3 is 14.8 Å². The fraction of sp³-hybridized carbons (Fsp3) is 0.240. The Labute approximate surface area is 192 Å². The molecule has 0 bridgehead atoms. The van der Waals surface area contributed by atoms with Crippen molar-refractivity contribution in [2.45, 2.75) is 20.5 Å². The zero-order valence-electron chi connectivity index (χ0n) is 18.3. The van der Waals surface area contributed by atoms with Crippen LogP contribution in [0.5, 0.6) is 11.5 Å². The van der Waals surface area contributed by atoms with Gasteiger partial charge in [-0.15, -0.1) is 0 Å². The molecule has 0 atom stereocenters. The number of para-hydroxylation sites is 1. The second-order valence-corrected chi connectivity index (χ2v) is 8.38. The summed E-state index contributed by atoms with van der Waals surface area (Å²) in [6.07, 6.45) is 3.55. The van der Waals surface area contributed by atoms with E-state index in [-0.39, 0.29) is 5.91 Å². The lowest BCUT2D eigenvalue weighted by Crippen LogP contribution is -2.33. The lowest BCUT2D eigenvalue weighted by atomic mass is 10.1. The van der Waals surface area contributed by atoms with Crippen molar-refractivity contribution in [2.75, 3.05) is 13.7 Å². The minimum atomic E-state index is -0.112. The van der Waals surface area contributed by atoms with Crippen LogP contribution in [0, 0.1) is 5.92 Å². The van der Waals surface area contributed by atoms with Gasteiger partial charge in [0.25, 0.3) is 5.91 Å². The molecule has 2 aromatic carbocycles. The summed E-state index contributed by atoms with van der Waals surface area (Å²) in [6.45, 7) is 5.00. The summed E-state index contributed by atoms with van der Waals surface area (Å²) in [4.78, 5) is 18.8. The highest BCUT2D eigenvalue weighted by Gasteiger charge is 2.30. The Morgan fingerprint density at radius 2 is 1.97 bits per heavy atom. The summed E-state index contributed by atoms with van der Waals surface area (Å²) >= 11 is 5.34. The van der Waals surface area contributed by atoms with Gasteiger partial charge in [-0.1, -0.05) is 38.1 Å². The number of carbonyl (C=O) groups excluding carboxylic acids is 1. The fourth-order valence-corrected chi connectivity index (χ4v) is 3.89. The van der Waals surface area contributed by atoms with Crippen molar-refractivity contribution >= 4 is 40.2 Å². The van der Waals surface area contributed by atoms with Gasteiger partial charge in [-0.2, -0.15) is 0 Å². The van der Waals surface area contributed by atoms with Gasteiger partial charge in [-0.25, -0.2) is 0 Å². The molecule has 1 aromatic heterocycles. The van der Waals surface area contributed by atoms with E-state index in [1.54, 1.807) is 24.3 Å². The van der Waals surface area contributed by atoms with Crippen LogP contribution >= 0.6 is 12.2 Å². The number of ether oxygens (including phenoxy) is 2. The number of carbonyl (C=O) groups is 1. The van der Waals surface area contributed by atoms with Gasteiger partial charge >= 0.3 is 0 Å². The number of benzene rings is 2. The summed E-state index contributed by atoms with van der Waals surface area (Å²) in [5.74, 6) is 1.63. The number of thiocarbonyl (C=S) groups is 1. The van der Waals surface area contributed by atoms with E-state index < -0.39 is 0 Å². The van der Waals surface area contributed by atoms with Gasteiger partial charge in [0.1, 0.15) is 29.3 Å². The molecule has 1 fully saturated rings. The molecule has 1 aliphatic heterocycles. The van der Waals surface area contributed by atoms with Crippen LogP contribution in [-0.2, 0) is 11.4 Å². The molecule has 0 radical (unpaired) electrons. The minimum Gasteiger partial charge on any atom is -0.496 e. The Morgan fingerprint density at radius 1 is 1.16 bits per heavy atom. The summed E-state index contributed by atoms with van der Waals surface area (Å²) in [5, 5.41) is 4.49. The normalized spacial score (nSPS) is 15.0. The van der Waals surface area contributed by atoms with Crippen molar-refractivity contribution in [3.63, 3.8) is 0 Å². The van der Waals surface area contributed by atoms with E-state index >= 15 is 0 Å². The molecule has 1 aliphatic rings. The highest BCUT2D eigenvalue weighted by Crippen LogP contribution is 2.27. The van der Waals surface area contributed by atoms with Crippen molar-refractivity contribution in [3.05, 3.63) is 71.6 Å². The predicted molar refractivity (Wildman–Crippen MR) is 129 cm³/mol. The first-order valence-corrected chi connectivity index (χ1v) is 10.8. The van der Waals surface area contributed by atoms with Crippen LogP contribution < -0.4 is 14.8 Å². The monoisotopic (exact) mass is 447 g/mol. The lowest BCUT2D eigenvalue weighted by molar-refractivity contribution is -0.122. The molecule has 1 N–H and O–H groups in total. The molecule has 0 saturated carbocycles. The molecule has 1 saturated heterocycles. The molecular weight excluding hydrogens is 422 g/mol. The average Bonchev–Trinajstić information content (AvgIpc) is 3.04. The van der Waals surface area contributed by atoms with E-state index in [2.05, 4.69) is 24.1 Å². The number of nitrogens with one attached hydrogen (secondary N) is 1. The maximum atomic E-state index is 12.8. The molecular formula is C25H25N3O3S. The smallest absolute Gasteiger partial charge is 0.276 e. The number of amides is 1. The number of nitrogens with zero attached hydrogens (tertiary/aromatic N) is 2. The third-order valence-electron chi connectivity index (χ3n) is 5.10. The van der Waals surface area contributed by atoms with Gasteiger partial charge in [0.05, 0.1) is 7.11 Å². The standard InChI is InChI=1S/C25H25N3O3S/c1-16(2)14-28-24(29)20(27-25(28)32)13-17-9-10-21(30-3)19(12-17)15-31-22-8-4-6-18-7-5-11-26-23(18)22/h4-13,16H,14-15H2,1-3H3,(H,27,32)/b20-13+. The number of methoxy groups -OCH3 is 1. The molecule has 2 heterocycles. The number of rotatable bonds is 7. The molecule has 3 aromatic rings. The van der Waals surface area contributed by atoms with Crippen molar-refractivity contribution < 1.29 is 14.3 Å². The largest absolute Gasteiger partial charge is 0.496 e. The summed E-state index contributed by atoms with van der Waals surface area (Å²) < 4.78 is 11.6. The molecule has 0 unspecified atom stereocenters. The number of pyridine rings is 1. The van der Waals surface area contributed by atoms with Crippen molar-refractivity contribution in [1.82, 2.24) is 15.2 Å². The van der Waals surface area contributed by atoms with E-state index in [4.69, 9.17) is 21.7 Å². The molecule has 0 aliphatic carbocycles. The van der Waals surface area contributed by atoms with Crippen LogP contribution in [-0.4, -0.2) is 34.6 Å². The summed E-state index contributed by atoms with van der Waals surface area (Å²) in [7, 11) is 1.63. The Hall–Kier alpha value is -3.45. The van der Waals surface area contributed by atoms with E-state index in [0.29, 0.717) is 41.4 Å². The molecule has 6 nitrogen and oxygen atoms in total. The third kappa shape index (κ3) is 4.57. The first-order chi connectivity index (χ1) is 15.5. The Bertz CT molecular complexity index is 1200. The van der Waals surface area contributed by atoms with E-state index in [9.17, 15) is 4.79 Å². The van der Waals surface area contributed by atoms with Gasteiger partial charge in [0.15, 0.2) is 5.11 Å². The summed E-state index contributed by atoms with van der Waals surface area (Å²) in [5.41, 5.74) is 2.99. The van der Waals surface area contributed by atoms with Crippen LogP contribution in [0.1, 0.15) is 25.0 Å². The first kappa shape index (κ1) is 21.8. The SMILES string of the molecule is COc1ccc(/C=C2/NC(=S)N(CC(C)C)C2=O)cc1COc1cccc2cccnc12. The zero-order valence-corrected chi connectivity index (χ0v) is 19.1. The second-order valence-electron chi connectivity index (χ2n) is 7.99. The van der Waals surface area contributed by atoms with Gasteiger partial charge in [-0.05, 0) is 54.0 Å². The number of aromatic nitrogens is 1. The van der Waals surface area contributed by atoms with Crippen LogP contribution in [0.2, 0.25) is 0 Å². The average molecular weight is 448 g/mol. The van der Waals surface area contributed by atoms with E-state index in [1.807, 2.05) is 48.5 Å². The molecule has 32 heavy (non-hydrogen) atoms. The van der Waals surface area contributed by atoms with Crippen molar-refractivity contribution in [3.8, 4) is 11.5 Å². The van der Waals surface area contributed by atoms with Crippen LogP contribution in [0.15, 0.2) is 60.4 Å². The maximum Gasteiger partial charge on any atom is 0.276 e. The predicted octanol–water partition coefficient (Wildman–Crippen LogP) is 4.54. The third-order valence-corrected chi connectivity index (χ3v) is 5.43. The topological polar surface area (TPSA) is 63.7 Å². The highest BCUT2D eigenvalue weighted by molar-refractivity contribution is 7.80. The second kappa shape index (κ2) is 9.36. The molecule has 7 heteroatoms. The zero-order chi connectivity index (χ0) is 22.7. The number of hydrogen-bond donors (Lipinski definition) is 1. The Morgan fingerprint density at radius 3 is 2.75 bits per heavy atom. The maximum absolute atomic E-state index is 12.8. The van der Waals surface area contributed by atoms with Gasteiger partial charge in [-0.3, -0.25) is 14.7 Å². The van der Waals surface area contributed by atoms with Crippen LogP contribution in [0.4, 0.5) is 0 Å². The fourth-order valence-electron chi connectivity index (χ4n) is 3.62. The molecule has 0 spiro atoms. The van der Waals surface area contributed by atoms with E-state index in [0.717, 1.165) is 22.0 Å². The molecule has 1 amide bonds. The minimum absolute atomic E-state index is 0.112. The Kier molecular flexibility index (Phi) is 6.37. The first-order valence-electron chi connectivity index (χ1n) is 10.4.